The lowest BCUT2D eigenvalue weighted by Crippen LogP contribution is -2.29. The molecule has 1 aliphatic carbocycles. The maximum Gasteiger partial charge on any atom is 0.157 e. The van der Waals surface area contributed by atoms with Crippen molar-refractivity contribution in [2.45, 2.75) is 51.0 Å². The molecule has 0 unspecified atom stereocenters. The van der Waals surface area contributed by atoms with Gasteiger partial charge in [0.1, 0.15) is 0 Å². The molecule has 0 radical (unpaired) electrons. The summed E-state index contributed by atoms with van der Waals surface area (Å²) >= 11 is 0. The van der Waals surface area contributed by atoms with E-state index in [-0.39, 0.29) is 12.4 Å². The molecule has 20 heavy (non-hydrogen) atoms. The van der Waals surface area contributed by atoms with Crippen molar-refractivity contribution in [2.75, 3.05) is 19.7 Å². The van der Waals surface area contributed by atoms with Crippen molar-refractivity contribution >= 4 is 12.4 Å². The fourth-order valence-corrected chi connectivity index (χ4v) is 3.23. The van der Waals surface area contributed by atoms with Crippen molar-refractivity contribution in [2.24, 2.45) is 5.92 Å². The highest BCUT2D eigenvalue weighted by Gasteiger charge is 2.17. The van der Waals surface area contributed by atoms with E-state index < -0.39 is 0 Å². The molecular weight excluding hydrogens is 274 g/mol. The number of hydrogen-bond donors (Lipinski definition) is 1. The molecule has 0 amide bonds. The Balaban J connectivity index is 0.00000147. The zero-order chi connectivity index (χ0) is 12.9. The number of piperidine rings is 1. The quantitative estimate of drug-likeness (QED) is 0.928. The lowest BCUT2D eigenvalue weighted by atomic mass is 9.90. The van der Waals surface area contributed by atoms with Crippen LogP contribution >= 0.6 is 12.4 Å². The summed E-state index contributed by atoms with van der Waals surface area (Å²) in [5.41, 5.74) is 0. The van der Waals surface area contributed by atoms with Gasteiger partial charge in [-0.05, 0) is 44.7 Å². The first-order valence-electron chi connectivity index (χ1n) is 7.79. The summed E-state index contributed by atoms with van der Waals surface area (Å²) in [5.74, 6) is 1.71. The molecule has 0 spiro atoms. The number of halogens is 1. The molecule has 1 aliphatic heterocycles. The van der Waals surface area contributed by atoms with E-state index in [2.05, 4.69) is 21.3 Å². The monoisotopic (exact) mass is 299 g/mol. The zero-order valence-corrected chi connectivity index (χ0v) is 12.9. The predicted molar refractivity (Wildman–Crippen MR) is 82.7 cm³/mol. The normalized spacial score (nSPS) is 21.4. The average molecular weight is 300 g/mol. The topological polar surface area (TPSA) is 39.1 Å². The molecular formula is C15H26ClN3O. The maximum absolute atomic E-state index is 5.92. The number of aromatic nitrogens is 2. The molecule has 114 valence electrons. The lowest BCUT2D eigenvalue weighted by Gasteiger charge is -2.23. The molecule has 2 aliphatic rings. The number of ether oxygens (including phenoxy) is 1. The first kappa shape index (κ1) is 15.6. The molecule has 1 saturated heterocycles. The molecule has 0 aromatic carbocycles. The van der Waals surface area contributed by atoms with E-state index in [1.165, 1.54) is 44.9 Å². The van der Waals surface area contributed by atoms with E-state index in [4.69, 9.17) is 4.74 Å². The smallest absolute Gasteiger partial charge is 0.157 e. The summed E-state index contributed by atoms with van der Waals surface area (Å²) in [7, 11) is 0. The van der Waals surface area contributed by atoms with Gasteiger partial charge in [-0.3, -0.25) is 4.68 Å². The van der Waals surface area contributed by atoms with Crippen molar-refractivity contribution in [1.82, 2.24) is 15.1 Å². The minimum atomic E-state index is 0. The summed E-state index contributed by atoms with van der Waals surface area (Å²) in [6.45, 7) is 3.07. The Morgan fingerprint density at radius 3 is 2.65 bits per heavy atom. The second kappa shape index (κ2) is 7.89. The van der Waals surface area contributed by atoms with Crippen LogP contribution in [0, 0.1) is 5.92 Å². The van der Waals surface area contributed by atoms with Crippen LogP contribution in [0.3, 0.4) is 0 Å². The van der Waals surface area contributed by atoms with Crippen molar-refractivity contribution in [3.63, 3.8) is 0 Å². The second-order valence-corrected chi connectivity index (χ2v) is 5.95. The van der Waals surface area contributed by atoms with Crippen LogP contribution in [0.4, 0.5) is 0 Å². The molecule has 1 aromatic heterocycles. The summed E-state index contributed by atoms with van der Waals surface area (Å²) in [6, 6.07) is 0.549. The van der Waals surface area contributed by atoms with E-state index in [1.807, 2.05) is 6.20 Å². The Labute approximate surface area is 127 Å². The minimum absolute atomic E-state index is 0. The van der Waals surface area contributed by atoms with E-state index in [1.54, 1.807) is 0 Å². The summed E-state index contributed by atoms with van der Waals surface area (Å²) in [4.78, 5) is 0. The third-order valence-electron chi connectivity index (χ3n) is 4.47. The van der Waals surface area contributed by atoms with Crippen LogP contribution in [0.5, 0.6) is 5.75 Å². The van der Waals surface area contributed by atoms with Gasteiger partial charge < -0.3 is 10.1 Å². The van der Waals surface area contributed by atoms with E-state index in [0.29, 0.717) is 6.04 Å². The van der Waals surface area contributed by atoms with Crippen LogP contribution in [0.1, 0.15) is 51.0 Å². The lowest BCUT2D eigenvalue weighted by molar-refractivity contribution is 0.208. The van der Waals surface area contributed by atoms with Crippen molar-refractivity contribution in [1.29, 1.82) is 0 Å². The van der Waals surface area contributed by atoms with Gasteiger partial charge in [0, 0.05) is 0 Å². The molecule has 1 N–H and O–H groups in total. The predicted octanol–water partition coefficient (Wildman–Crippen LogP) is 3.19. The van der Waals surface area contributed by atoms with Gasteiger partial charge in [0.2, 0.25) is 0 Å². The highest BCUT2D eigenvalue weighted by molar-refractivity contribution is 5.85. The minimum Gasteiger partial charge on any atom is -0.490 e. The summed E-state index contributed by atoms with van der Waals surface area (Å²) < 4.78 is 8.01. The van der Waals surface area contributed by atoms with Gasteiger partial charge in [-0.2, -0.15) is 5.10 Å². The van der Waals surface area contributed by atoms with Crippen LogP contribution in [0.15, 0.2) is 12.4 Å². The Hall–Kier alpha value is -0.740. The largest absolute Gasteiger partial charge is 0.490 e. The summed E-state index contributed by atoms with van der Waals surface area (Å²) in [6.07, 6.45) is 13.1. The summed E-state index contributed by atoms with van der Waals surface area (Å²) in [5, 5.41) is 7.85. The molecule has 5 heteroatoms. The Kier molecular flexibility index (Phi) is 6.17. The number of rotatable bonds is 4. The van der Waals surface area contributed by atoms with Gasteiger partial charge in [0.25, 0.3) is 0 Å². The molecule has 1 saturated carbocycles. The Morgan fingerprint density at radius 2 is 1.90 bits per heavy atom. The van der Waals surface area contributed by atoms with Crippen LogP contribution in [-0.4, -0.2) is 29.5 Å². The second-order valence-electron chi connectivity index (χ2n) is 5.95. The molecule has 4 nitrogen and oxygen atoms in total. The van der Waals surface area contributed by atoms with Gasteiger partial charge in [-0.15, -0.1) is 12.4 Å². The molecule has 2 fully saturated rings. The van der Waals surface area contributed by atoms with Gasteiger partial charge in [-0.1, -0.05) is 19.3 Å². The number of hydrogen-bond acceptors (Lipinski definition) is 3. The van der Waals surface area contributed by atoms with Gasteiger partial charge in [-0.25, -0.2) is 0 Å². The third kappa shape index (κ3) is 4.13. The zero-order valence-electron chi connectivity index (χ0n) is 12.1. The van der Waals surface area contributed by atoms with Crippen molar-refractivity contribution in [3.8, 4) is 5.75 Å². The van der Waals surface area contributed by atoms with E-state index >= 15 is 0 Å². The first-order valence-corrected chi connectivity index (χ1v) is 7.79. The fourth-order valence-electron chi connectivity index (χ4n) is 3.23. The number of nitrogens with zero attached hydrogens (tertiary/aromatic N) is 2. The van der Waals surface area contributed by atoms with Crippen LogP contribution in [0.2, 0.25) is 0 Å². The molecule has 0 atom stereocenters. The average Bonchev–Trinajstić information content (AvgIpc) is 2.96. The molecule has 1 aromatic rings. The standard InChI is InChI=1S/C15H25N3O.ClH/c1-2-4-13(5-3-1)12-19-15-10-17-18(11-15)14-6-8-16-9-7-14;/h10-11,13-14,16H,1-9,12H2;1H. The molecule has 2 heterocycles. The van der Waals surface area contributed by atoms with Crippen molar-refractivity contribution in [3.05, 3.63) is 12.4 Å². The van der Waals surface area contributed by atoms with Crippen LogP contribution < -0.4 is 10.1 Å². The van der Waals surface area contributed by atoms with Gasteiger partial charge in [0.05, 0.1) is 25.0 Å². The van der Waals surface area contributed by atoms with Crippen LogP contribution in [-0.2, 0) is 0 Å². The van der Waals surface area contributed by atoms with Crippen molar-refractivity contribution < 1.29 is 4.74 Å². The Morgan fingerprint density at radius 1 is 1.15 bits per heavy atom. The van der Waals surface area contributed by atoms with Gasteiger partial charge in [0.15, 0.2) is 5.75 Å². The van der Waals surface area contributed by atoms with E-state index in [9.17, 15) is 0 Å². The van der Waals surface area contributed by atoms with E-state index in [0.717, 1.165) is 31.4 Å². The molecule has 0 bridgehead atoms. The highest BCUT2D eigenvalue weighted by atomic mass is 35.5. The first-order chi connectivity index (χ1) is 9.42. The third-order valence-corrected chi connectivity index (χ3v) is 4.47. The Bertz CT molecular complexity index is 384. The maximum atomic E-state index is 5.92. The highest BCUT2D eigenvalue weighted by Crippen LogP contribution is 2.25. The number of nitrogens with one attached hydrogen (secondary N) is 1. The van der Waals surface area contributed by atoms with Crippen LogP contribution in [0.25, 0.3) is 0 Å². The fraction of sp³-hybridized carbons (Fsp3) is 0.800. The molecule has 3 rings (SSSR count). The SMILES string of the molecule is Cl.c1nn(C2CCNCC2)cc1OCC1CCCCC1. The van der Waals surface area contributed by atoms with Gasteiger partial charge >= 0.3 is 0 Å².